The highest BCUT2D eigenvalue weighted by Gasteiger charge is 2.35. The minimum absolute atomic E-state index is 0.0730. The van der Waals surface area contributed by atoms with Crippen molar-refractivity contribution in [3.63, 3.8) is 0 Å². The van der Waals surface area contributed by atoms with Crippen LogP contribution in [0.4, 0.5) is 5.69 Å². The Balaban J connectivity index is 1.06. The number of carbonyl (C=O) groups is 4. The second-order valence-electron chi connectivity index (χ2n) is 16.6. The number of ketones is 1. The van der Waals surface area contributed by atoms with E-state index in [1.807, 2.05) is 67.3 Å². The first-order valence-electron chi connectivity index (χ1n) is 20.2. The summed E-state index contributed by atoms with van der Waals surface area (Å²) in [5, 5.41) is 32.2. The Bertz CT molecular complexity index is 2210. The third-order valence-electron chi connectivity index (χ3n) is 12.4. The summed E-state index contributed by atoms with van der Waals surface area (Å²) in [4.78, 5) is 62.3. The summed E-state index contributed by atoms with van der Waals surface area (Å²) in [7, 11) is 0. The van der Waals surface area contributed by atoms with Gasteiger partial charge in [-0.1, -0.05) is 36.8 Å². The fourth-order valence-electron chi connectivity index (χ4n) is 8.19. The van der Waals surface area contributed by atoms with Gasteiger partial charge in [0.25, 0.3) is 5.91 Å². The summed E-state index contributed by atoms with van der Waals surface area (Å²) < 4.78 is 0. The van der Waals surface area contributed by atoms with Crippen LogP contribution in [0.25, 0.3) is 11.1 Å². The SMILES string of the molecule is Cc1c(CC(=O)c2cc(C3CC3)c(CN3CCCC[C@H]3C(=O)O)cn2)cccc1-c1cccc(NC(=O)c2cc(C3CC3)c(CC[C@@](C)(CO)C(=O)O)cn2)c1C. The van der Waals surface area contributed by atoms with Gasteiger partial charge in [0.1, 0.15) is 17.4 Å². The predicted molar refractivity (Wildman–Crippen MR) is 217 cm³/mol. The van der Waals surface area contributed by atoms with Gasteiger partial charge < -0.3 is 20.6 Å². The molecular formula is C46H52N4O7. The van der Waals surface area contributed by atoms with Gasteiger partial charge in [0.05, 0.1) is 12.0 Å². The zero-order valence-corrected chi connectivity index (χ0v) is 33.0. The van der Waals surface area contributed by atoms with Crippen molar-refractivity contribution < 1.29 is 34.5 Å². The van der Waals surface area contributed by atoms with Crippen LogP contribution in [0.1, 0.15) is 130 Å². The van der Waals surface area contributed by atoms with E-state index in [1.54, 1.807) is 12.4 Å². The van der Waals surface area contributed by atoms with Gasteiger partial charge >= 0.3 is 11.9 Å². The van der Waals surface area contributed by atoms with Gasteiger partial charge in [0, 0.05) is 31.0 Å². The van der Waals surface area contributed by atoms with E-state index in [4.69, 9.17) is 0 Å². The zero-order chi connectivity index (χ0) is 40.4. The van der Waals surface area contributed by atoms with E-state index in [1.165, 1.54) is 6.92 Å². The van der Waals surface area contributed by atoms with E-state index in [0.717, 1.165) is 95.1 Å². The molecule has 2 aromatic heterocycles. The lowest BCUT2D eigenvalue weighted by molar-refractivity contribution is -0.150. The quantitative estimate of drug-likeness (QED) is 0.0830. The molecule has 2 saturated carbocycles. The van der Waals surface area contributed by atoms with Gasteiger partial charge in [-0.3, -0.25) is 34.0 Å². The van der Waals surface area contributed by atoms with Crippen LogP contribution in [0.3, 0.4) is 0 Å². The van der Waals surface area contributed by atoms with Crippen molar-refractivity contribution in [2.45, 2.75) is 109 Å². The van der Waals surface area contributed by atoms with Crippen LogP contribution in [0.2, 0.25) is 0 Å². The zero-order valence-electron chi connectivity index (χ0n) is 33.0. The lowest BCUT2D eigenvalue weighted by atomic mass is 9.84. The number of Topliss-reactive ketones (excluding diaryl/α,β-unsaturated/α-hetero) is 1. The molecule has 2 atom stereocenters. The average Bonchev–Trinajstić information content (AvgIpc) is 4.14. The van der Waals surface area contributed by atoms with Gasteiger partial charge in [-0.15, -0.1) is 0 Å². The summed E-state index contributed by atoms with van der Waals surface area (Å²) in [5.74, 6) is -1.56. The number of aliphatic hydroxyl groups excluding tert-OH is 1. The van der Waals surface area contributed by atoms with Crippen molar-refractivity contribution in [2.75, 3.05) is 18.5 Å². The molecule has 0 bridgehead atoms. The first kappa shape index (κ1) is 40.0. The molecule has 1 saturated heterocycles. The molecule has 3 fully saturated rings. The van der Waals surface area contributed by atoms with Gasteiger partial charge in [-0.05, 0) is 159 Å². The maximum Gasteiger partial charge on any atom is 0.320 e. The van der Waals surface area contributed by atoms with Gasteiger partial charge in [-0.25, -0.2) is 0 Å². The second-order valence-corrected chi connectivity index (χ2v) is 16.6. The van der Waals surface area contributed by atoms with Crippen molar-refractivity contribution >= 4 is 29.3 Å². The number of likely N-dealkylation sites (tertiary alicyclic amines) is 1. The molecule has 4 N–H and O–H groups in total. The molecular weight excluding hydrogens is 721 g/mol. The number of aromatic nitrogens is 2. The highest BCUT2D eigenvalue weighted by atomic mass is 16.4. The molecule has 11 heteroatoms. The number of carbonyl (C=O) groups excluding carboxylic acids is 2. The lowest BCUT2D eigenvalue weighted by Crippen LogP contribution is -2.44. The van der Waals surface area contributed by atoms with Gasteiger partial charge in [0.15, 0.2) is 5.78 Å². The van der Waals surface area contributed by atoms with E-state index in [-0.39, 0.29) is 30.2 Å². The van der Waals surface area contributed by atoms with E-state index >= 15 is 0 Å². The molecule has 7 rings (SSSR count). The number of benzene rings is 2. The van der Waals surface area contributed by atoms with Gasteiger partial charge in [-0.2, -0.15) is 0 Å². The van der Waals surface area contributed by atoms with Crippen LogP contribution < -0.4 is 5.32 Å². The van der Waals surface area contributed by atoms with E-state index in [2.05, 4.69) is 15.3 Å². The summed E-state index contributed by atoms with van der Waals surface area (Å²) >= 11 is 0. The number of carboxylic acids is 2. The van der Waals surface area contributed by atoms with Crippen molar-refractivity contribution in [1.82, 2.24) is 14.9 Å². The molecule has 2 aromatic carbocycles. The normalized spacial score (nSPS) is 18.1. The molecule has 3 aliphatic rings. The highest BCUT2D eigenvalue weighted by molar-refractivity contribution is 6.04. The minimum Gasteiger partial charge on any atom is -0.481 e. The van der Waals surface area contributed by atoms with Crippen molar-refractivity contribution in [1.29, 1.82) is 0 Å². The number of aryl methyl sites for hydroxylation is 1. The standard InChI is InChI=1S/C46H52N4O7/c1-27-31(20-42(52)39-21-37(30-15-16-30)33(24-47-39)25-50-19-5-4-12-41(50)44(54)55)8-6-9-34(27)35-10-7-11-38(28(35)2)49-43(53)40-22-36(29-13-14-29)32(23-48-40)17-18-46(3,26-51)45(56)57/h6-11,21-24,29-30,41,51H,4-5,12-20,25-26H2,1-3H3,(H,49,53)(H,54,55)(H,56,57)/t41-,46-/m0/s1. The number of pyridine rings is 2. The molecule has 0 unspecified atom stereocenters. The topological polar surface area (TPSA) is 170 Å². The summed E-state index contributed by atoms with van der Waals surface area (Å²) in [6.45, 7) is 6.32. The van der Waals surface area contributed by atoms with E-state index < -0.39 is 30.0 Å². The molecule has 298 valence electrons. The summed E-state index contributed by atoms with van der Waals surface area (Å²) in [6.07, 6.45) is 11.0. The molecule has 1 amide bonds. The second kappa shape index (κ2) is 16.7. The first-order chi connectivity index (χ1) is 27.4. The molecule has 1 aliphatic heterocycles. The molecule has 4 aromatic rings. The Morgan fingerprint density at radius 1 is 0.807 bits per heavy atom. The molecule has 0 spiro atoms. The largest absolute Gasteiger partial charge is 0.481 e. The average molecular weight is 773 g/mol. The number of nitrogens with zero attached hydrogens (tertiary/aromatic N) is 3. The molecule has 11 nitrogen and oxygen atoms in total. The van der Waals surface area contributed by atoms with Gasteiger partial charge in [0.2, 0.25) is 0 Å². The number of hydrogen-bond donors (Lipinski definition) is 4. The third kappa shape index (κ3) is 8.84. The van der Waals surface area contributed by atoms with E-state index in [9.17, 15) is 34.5 Å². The van der Waals surface area contributed by atoms with Crippen molar-refractivity contribution in [3.05, 3.63) is 111 Å². The summed E-state index contributed by atoms with van der Waals surface area (Å²) in [6, 6.07) is 15.0. The van der Waals surface area contributed by atoms with Crippen LogP contribution in [-0.2, 0) is 29.0 Å². The lowest BCUT2D eigenvalue weighted by Gasteiger charge is -2.33. The number of anilines is 1. The van der Waals surface area contributed by atoms with Crippen LogP contribution in [0.15, 0.2) is 60.9 Å². The van der Waals surface area contributed by atoms with Crippen LogP contribution in [-0.4, -0.2) is 73.0 Å². The van der Waals surface area contributed by atoms with Crippen molar-refractivity contribution in [3.8, 4) is 11.1 Å². The minimum atomic E-state index is -1.25. The Hall–Kier alpha value is -5.26. The molecule has 57 heavy (non-hydrogen) atoms. The maximum absolute atomic E-state index is 13.8. The van der Waals surface area contributed by atoms with Crippen LogP contribution in [0.5, 0.6) is 0 Å². The van der Waals surface area contributed by atoms with Crippen molar-refractivity contribution in [2.24, 2.45) is 5.41 Å². The third-order valence-corrected chi connectivity index (χ3v) is 12.4. The number of piperidine rings is 1. The summed E-state index contributed by atoms with van der Waals surface area (Å²) in [5.41, 5.74) is 8.77. The number of nitrogens with one attached hydrogen (secondary N) is 1. The molecule has 3 heterocycles. The Morgan fingerprint density at radius 2 is 1.44 bits per heavy atom. The highest BCUT2D eigenvalue weighted by Crippen LogP contribution is 2.44. The van der Waals surface area contributed by atoms with Crippen LogP contribution >= 0.6 is 0 Å². The molecule has 2 aliphatic carbocycles. The number of rotatable bonds is 16. The fourth-order valence-corrected chi connectivity index (χ4v) is 8.19. The molecule has 0 radical (unpaired) electrons. The smallest absolute Gasteiger partial charge is 0.320 e. The Labute approximate surface area is 333 Å². The number of hydrogen-bond acceptors (Lipinski definition) is 8. The number of amides is 1. The Morgan fingerprint density at radius 3 is 2.11 bits per heavy atom. The van der Waals surface area contributed by atoms with Crippen LogP contribution in [0, 0.1) is 19.3 Å². The number of aliphatic hydroxyl groups is 1. The first-order valence-corrected chi connectivity index (χ1v) is 20.2. The Kier molecular flexibility index (Phi) is 11.7. The predicted octanol–water partition coefficient (Wildman–Crippen LogP) is 7.65. The number of aliphatic carboxylic acids is 2. The maximum atomic E-state index is 13.8. The van der Waals surface area contributed by atoms with E-state index in [0.29, 0.717) is 42.6 Å². The number of carboxylic acid groups (broad SMARTS) is 2. The fraction of sp³-hybridized carbons (Fsp3) is 0.435. The monoisotopic (exact) mass is 772 g/mol.